The van der Waals surface area contributed by atoms with Gasteiger partial charge in [-0.05, 0) is 172 Å². The number of nitrogens with zero attached hydrogens (tertiary/aromatic N) is 2. The highest BCUT2D eigenvalue weighted by atomic mass is 14.7. The summed E-state index contributed by atoms with van der Waals surface area (Å²) in [6.45, 7) is 14.4. The normalized spacial score (nSPS) is 14.9. The molecule has 69 heavy (non-hydrogen) atoms. The van der Waals surface area contributed by atoms with Crippen molar-refractivity contribution in [1.29, 1.82) is 0 Å². The maximum absolute atomic E-state index is 4.70. The second kappa shape index (κ2) is 15.0. The summed E-state index contributed by atoms with van der Waals surface area (Å²) in [5.74, 6) is 0. The minimum atomic E-state index is -0.168. The summed E-state index contributed by atoms with van der Waals surface area (Å²) in [4.78, 5) is 9.40. The lowest BCUT2D eigenvalue weighted by Crippen LogP contribution is -2.16. The van der Waals surface area contributed by atoms with Gasteiger partial charge in [0.05, 0.1) is 11.4 Å². The zero-order valence-corrected chi connectivity index (χ0v) is 40.0. The number of fused-ring (bicyclic) bond motifs is 9. The molecule has 0 saturated carbocycles. The van der Waals surface area contributed by atoms with Crippen LogP contribution in [0.3, 0.4) is 0 Å². The zero-order valence-electron chi connectivity index (χ0n) is 40.0. The number of aromatic nitrogens is 2. The van der Waals surface area contributed by atoms with Crippen LogP contribution in [0.25, 0.3) is 100 Å². The van der Waals surface area contributed by atoms with Gasteiger partial charge in [-0.2, -0.15) is 0 Å². The van der Waals surface area contributed by atoms with Gasteiger partial charge in [0.15, 0.2) is 0 Å². The van der Waals surface area contributed by atoms with Crippen molar-refractivity contribution in [3.63, 3.8) is 0 Å². The van der Waals surface area contributed by atoms with Gasteiger partial charge < -0.3 is 0 Å². The lowest BCUT2D eigenvalue weighted by atomic mass is 9.79. The first kappa shape index (κ1) is 41.3. The zero-order chi connectivity index (χ0) is 46.8. The predicted molar refractivity (Wildman–Crippen MR) is 287 cm³/mol. The first-order valence-corrected chi connectivity index (χ1v) is 24.4. The molecular formula is C67H52N2. The monoisotopic (exact) mass is 884 g/mol. The molecule has 0 atom stereocenters. The van der Waals surface area contributed by atoms with E-state index in [2.05, 4.69) is 224 Å². The maximum atomic E-state index is 4.70. The number of rotatable bonds is 6. The molecule has 13 rings (SSSR count). The van der Waals surface area contributed by atoms with Crippen molar-refractivity contribution < 1.29 is 0 Å². The van der Waals surface area contributed by atoms with E-state index < -0.39 is 0 Å². The first-order valence-electron chi connectivity index (χ1n) is 24.4. The molecule has 0 unspecified atom stereocenters. The van der Waals surface area contributed by atoms with Gasteiger partial charge in [0.2, 0.25) is 0 Å². The minimum absolute atomic E-state index is 0.162. The third-order valence-electron chi connectivity index (χ3n) is 16.1. The second-order valence-electron chi connectivity index (χ2n) is 21.0. The molecule has 0 N–H and O–H groups in total. The van der Waals surface area contributed by atoms with Gasteiger partial charge in [-0.3, -0.25) is 9.97 Å². The Morgan fingerprint density at radius 1 is 0.232 bits per heavy atom. The Balaban J connectivity index is 0.799. The SMILES string of the molecule is CC1(C)c2cc(-c3ccc4c(c3)C(C)(C)c3cc(-c5ccccc5-c5ccccn5)ccc3-4)ccc2-c2ccc(-c3ccc4c(c3)C(C)(C)c3cc(-c5ccccc5-c5ccccn5)ccc3-4)cc21. The van der Waals surface area contributed by atoms with Crippen LogP contribution in [0.4, 0.5) is 0 Å². The third-order valence-corrected chi connectivity index (χ3v) is 16.1. The van der Waals surface area contributed by atoms with Gasteiger partial charge >= 0.3 is 0 Å². The van der Waals surface area contributed by atoms with Crippen molar-refractivity contribution in [1.82, 2.24) is 9.97 Å². The predicted octanol–water partition coefficient (Wildman–Crippen LogP) is 17.4. The standard InChI is InChI=1S/C67H52N2/c1-65(2)57-35-41(43-23-29-51-53-31-25-45(39-61(53)66(3,4)59(51)37-43)47-15-7-9-17-55(47)63-19-11-13-33-68-63)21-27-49(57)50-28-22-42(36-58(50)65)44-24-30-52-54-32-26-46(40-62(54)67(5,6)60(52)38-44)48-16-8-10-18-56(48)64-20-12-14-34-69-64/h7-40H,1-6H3. The van der Waals surface area contributed by atoms with Crippen molar-refractivity contribution in [3.8, 4) is 100 Å². The van der Waals surface area contributed by atoms with E-state index in [1.54, 1.807) is 0 Å². The Bertz CT molecular complexity index is 3490. The van der Waals surface area contributed by atoms with E-state index in [0.717, 1.165) is 22.5 Å². The third kappa shape index (κ3) is 6.24. The van der Waals surface area contributed by atoms with E-state index in [1.807, 2.05) is 24.5 Å². The molecule has 2 nitrogen and oxygen atoms in total. The van der Waals surface area contributed by atoms with Crippen molar-refractivity contribution in [3.05, 3.63) is 240 Å². The summed E-state index contributed by atoms with van der Waals surface area (Å²) in [7, 11) is 0. The van der Waals surface area contributed by atoms with Crippen LogP contribution in [0.5, 0.6) is 0 Å². The molecule has 2 heterocycles. The molecule has 0 aliphatic heterocycles. The number of benzene rings is 8. The molecule has 3 aliphatic carbocycles. The van der Waals surface area contributed by atoms with Crippen molar-refractivity contribution in [2.75, 3.05) is 0 Å². The van der Waals surface area contributed by atoms with Crippen LogP contribution in [0.2, 0.25) is 0 Å². The first-order chi connectivity index (χ1) is 33.5. The molecule has 3 aliphatic rings. The molecule has 2 aromatic heterocycles. The quantitative estimate of drug-likeness (QED) is 0.166. The molecule has 0 amide bonds. The molecule has 10 aromatic rings. The van der Waals surface area contributed by atoms with Gasteiger partial charge in [0.25, 0.3) is 0 Å². The van der Waals surface area contributed by atoms with Crippen molar-refractivity contribution in [2.24, 2.45) is 0 Å². The summed E-state index contributed by atoms with van der Waals surface area (Å²) in [5.41, 5.74) is 30.0. The number of pyridine rings is 2. The highest BCUT2D eigenvalue weighted by molar-refractivity contribution is 5.92. The summed E-state index contributed by atoms with van der Waals surface area (Å²) < 4.78 is 0. The minimum Gasteiger partial charge on any atom is -0.256 e. The highest BCUT2D eigenvalue weighted by Gasteiger charge is 2.39. The molecular weight excluding hydrogens is 833 g/mol. The lowest BCUT2D eigenvalue weighted by molar-refractivity contribution is 0.659. The van der Waals surface area contributed by atoms with E-state index in [1.165, 1.54) is 111 Å². The van der Waals surface area contributed by atoms with E-state index >= 15 is 0 Å². The smallest absolute Gasteiger partial charge is 0.0708 e. The second-order valence-corrected chi connectivity index (χ2v) is 21.0. The van der Waals surface area contributed by atoms with Crippen LogP contribution in [-0.2, 0) is 16.2 Å². The summed E-state index contributed by atoms with van der Waals surface area (Å²) in [5, 5.41) is 0. The molecule has 0 fully saturated rings. The Labute approximate surface area is 406 Å². The van der Waals surface area contributed by atoms with E-state index in [-0.39, 0.29) is 16.2 Å². The van der Waals surface area contributed by atoms with Crippen LogP contribution in [0.15, 0.2) is 207 Å². The van der Waals surface area contributed by atoms with Crippen LogP contribution in [0, 0.1) is 0 Å². The number of hydrogen-bond acceptors (Lipinski definition) is 2. The van der Waals surface area contributed by atoms with Gasteiger partial charge in [0.1, 0.15) is 0 Å². The van der Waals surface area contributed by atoms with E-state index in [0.29, 0.717) is 0 Å². The Hall–Kier alpha value is -7.94. The fraction of sp³-hybridized carbons (Fsp3) is 0.134. The summed E-state index contributed by atoms with van der Waals surface area (Å²) >= 11 is 0. The van der Waals surface area contributed by atoms with Gasteiger partial charge in [0, 0.05) is 39.8 Å². The molecule has 2 heteroatoms. The fourth-order valence-corrected chi connectivity index (χ4v) is 12.2. The topological polar surface area (TPSA) is 25.8 Å². The van der Waals surface area contributed by atoms with Gasteiger partial charge in [-0.25, -0.2) is 0 Å². The molecule has 0 saturated heterocycles. The van der Waals surface area contributed by atoms with Crippen LogP contribution < -0.4 is 0 Å². The lowest BCUT2D eigenvalue weighted by Gasteiger charge is -2.24. The average Bonchev–Trinajstić information content (AvgIpc) is 3.87. The highest BCUT2D eigenvalue weighted by Crippen LogP contribution is 2.55. The van der Waals surface area contributed by atoms with E-state index in [9.17, 15) is 0 Å². The Morgan fingerprint density at radius 3 is 0.754 bits per heavy atom. The summed E-state index contributed by atoms with van der Waals surface area (Å²) in [6, 6.07) is 72.3. The largest absolute Gasteiger partial charge is 0.256 e. The summed E-state index contributed by atoms with van der Waals surface area (Å²) in [6.07, 6.45) is 3.75. The molecule has 0 radical (unpaired) electrons. The Kier molecular flexibility index (Phi) is 8.99. The van der Waals surface area contributed by atoms with Crippen LogP contribution in [0.1, 0.15) is 74.9 Å². The Morgan fingerprint density at radius 2 is 0.478 bits per heavy atom. The van der Waals surface area contributed by atoms with Crippen LogP contribution in [-0.4, -0.2) is 9.97 Å². The molecule has 330 valence electrons. The van der Waals surface area contributed by atoms with Crippen molar-refractivity contribution >= 4 is 0 Å². The molecule has 0 spiro atoms. The molecule has 8 aromatic carbocycles. The van der Waals surface area contributed by atoms with Crippen molar-refractivity contribution in [2.45, 2.75) is 57.8 Å². The van der Waals surface area contributed by atoms with Gasteiger partial charge in [-0.15, -0.1) is 0 Å². The van der Waals surface area contributed by atoms with Gasteiger partial charge in [-0.1, -0.05) is 175 Å². The molecule has 0 bridgehead atoms. The number of hydrogen-bond donors (Lipinski definition) is 0. The average molecular weight is 885 g/mol. The maximum Gasteiger partial charge on any atom is 0.0708 e. The van der Waals surface area contributed by atoms with Crippen LogP contribution >= 0.6 is 0 Å². The fourth-order valence-electron chi connectivity index (χ4n) is 12.2. The van der Waals surface area contributed by atoms with E-state index in [4.69, 9.17) is 9.97 Å².